The molecule has 0 unspecified atom stereocenters. The first-order valence-electron chi connectivity index (χ1n) is 5.11. The van der Waals surface area contributed by atoms with Gasteiger partial charge >= 0.3 is 0 Å². The Labute approximate surface area is 79.7 Å². The van der Waals surface area contributed by atoms with Crippen LogP contribution in [0.3, 0.4) is 0 Å². The standard InChI is InChI=1S/C11H18O2/c1-8(2)13-7-10-4-11(5-10,6-10)9(3)12/h8H,4-7H2,1-3H3. The Morgan fingerprint density at radius 1 is 1.38 bits per heavy atom. The van der Waals surface area contributed by atoms with Crippen LogP contribution in [0.15, 0.2) is 0 Å². The van der Waals surface area contributed by atoms with Crippen LogP contribution in [0.5, 0.6) is 0 Å². The third-order valence-electron chi connectivity index (χ3n) is 3.61. The summed E-state index contributed by atoms with van der Waals surface area (Å²) in [6.07, 6.45) is 3.58. The van der Waals surface area contributed by atoms with E-state index < -0.39 is 0 Å². The van der Waals surface area contributed by atoms with E-state index in [2.05, 4.69) is 13.8 Å². The number of ketones is 1. The van der Waals surface area contributed by atoms with Crippen LogP contribution >= 0.6 is 0 Å². The first-order chi connectivity index (χ1) is 5.98. The molecule has 0 aliphatic heterocycles. The van der Waals surface area contributed by atoms with Crippen LogP contribution in [-0.2, 0) is 9.53 Å². The molecule has 0 amide bonds. The van der Waals surface area contributed by atoms with Gasteiger partial charge in [-0.2, -0.15) is 0 Å². The van der Waals surface area contributed by atoms with Crippen molar-refractivity contribution in [2.24, 2.45) is 10.8 Å². The Morgan fingerprint density at radius 3 is 2.31 bits per heavy atom. The van der Waals surface area contributed by atoms with Gasteiger partial charge in [0, 0.05) is 5.41 Å². The number of ether oxygens (including phenoxy) is 1. The molecular weight excluding hydrogens is 164 g/mol. The fraction of sp³-hybridized carbons (Fsp3) is 0.909. The monoisotopic (exact) mass is 182 g/mol. The predicted octanol–water partition coefficient (Wildman–Crippen LogP) is 2.17. The van der Waals surface area contributed by atoms with E-state index in [1.807, 2.05) is 0 Å². The molecule has 0 radical (unpaired) electrons. The van der Waals surface area contributed by atoms with Gasteiger partial charge in [0.2, 0.25) is 0 Å². The van der Waals surface area contributed by atoms with Crippen molar-refractivity contribution in [2.45, 2.75) is 46.1 Å². The second-order valence-corrected chi connectivity index (χ2v) is 5.23. The molecule has 0 heterocycles. The van der Waals surface area contributed by atoms with Crippen molar-refractivity contribution >= 4 is 5.78 Å². The van der Waals surface area contributed by atoms with Crippen molar-refractivity contribution in [3.8, 4) is 0 Å². The maximum absolute atomic E-state index is 11.2. The minimum atomic E-state index is 0.0976. The molecule has 2 bridgehead atoms. The van der Waals surface area contributed by atoms with E-state index in [0.29, 0.717) is 17.3 Å². The summed E-state index contributed by atoms with van der Waals surface area (Å²) < 4.78 is 5.60. The number of carbonyl (C=O) groups excluding carboxylic acids is 1. The molecule has 13 heavy (non-hydrogen) atoms. The topological polar surface area (TPSA) is 26.3 Å². The molecule has 0 aromatic carbocycles. The van der Waals surface area contributed by atoms with Crippen molar-refractivity contribution < 1.29 is 9.53 Å². The molecule has 0 N–H and O–H groups in total. The summed E-state index contributed by atoms with van der Waals surface area (Å²) in [5.74, 6) is 0.388. The van der Waals surface area contributed by atoms with Crippen LogP contribution in [0, 0.1) is 10.8 Å². The van der Waals surface area contributed by atoms with Gasteiger partial charge in [0.15, 0.2) is 0 Å². The van der Waals surface area contributed by atoms with E-state index in [-0.39, 0.29) is 5.41 Å². The highest BCUT2D eigenvalue weighted by atomic mass is 16.5. The van der Waals surface area contributed by atoms with Gasteiger partial charge < -0.3 is 4.74 Å². The molecule has 3 saturated carbocycles. The van der Waals surface area contributed by atoms with Gasteiger partial charge in [0.25, 0.3) is 0 Å². The smallest absolute Gasteiger partial charge is 0.136 e. The lowest BCUT2D eigenvalue weighted by Gasteiger charge is -2.69. The zero-order chi connectivity index (χ0) is 9.69. The summed E-state index contributed by atoms with van der Waals surface area (Å²) >= 11 is 0. The molecule has 0 aromatic rings. The van der Waals surface area contributed by atoms with E-state index in [1.54, 1.807) is 6.92 Å². The number of hydrogen-bond acceptors (Lipinski definition) is 2. The van der Waals surface area contributed by atoms with Crippen molar-refractivity contribution in [1.29, 1.82) is 0 Å². The van der Waals surface area contributed by atoms with E-state index in [4.69, 9.17) is 4.74 Å². The Bertz CT molecular complexity index is 223. The molecule has 2 heteroatoms. The normalized spacial score (nSPS) is 41.2. The van der Waals surface area contributed by atoms with Gasteiger partial charge in [-0.1, -0.05) is 0 Å². The molecule has 3 aliphatic rings. The number of hydrogen-bond donors (Lipinski definition) is 0. The predicted molar refractivity (Wildman–Crippen MR) is 50.5 cm³/mol. The average Bonchev–Trinajstić information content (AvgIpc) is 1.79. The summed E-state index contributed by atoms with van der Waals surface area (Å²) in [7, 11) is 0. The third kappa shape index (κ3) is 1.23. The Balaban J connectivity index is 1.80. The Morgan fingerprint density at radius 2 is 1.92 bits per heavy atom. The minimum absolute atomic E-state index is 0.0976. The van der Waals surface area contributed by atoms with Crippen LogP contribution in [0.25, 0.3) is 0 Å². The summed E-state index contributed by atoms with van der Waals surface area (Å²) in [5, 5.41) is 0. The average molecular weight is 182 g/mol. The largest absolute Gasteiger partial charge is 0.378 e. The highest BCUT2D eigenvalue weighted by Gasteiger charge is 2.69. The highest BCUT2D eigenvalue weighted by molar-refractivity contribution is 5.86. The van der Waals surface area contributed by atoms with Gasteiger partial charge in [0.05, 0.1) is 12.7 Å². The van der Waals surface area contributed by atoms with Crippen LogP contribution in [0.4, 0.5) is 0 Å². The molecular formula is C11H18O2. The number of carbonyl (C=O) groups is 1. The van der Waals surface area contributed by atoms with E-state index >= 15 is 0 Å². The first kappa shape index (κ1) is 9.20. The maximum Gasteiger partial charge on any atom is 0.136 e. The summed E-state index contributed by atoms with van der Waals surface area (Å²) in [4.78, 5) is 11.2. The Kier molecular flexibility index (Phi) is 1.82. The van der Waals surface area contributed by atoms with Gasteiger partial charge in [-0.3, -0.25) is 4.79 Å². The van der Waals surface area contributed by atoms with Gasteiger partial charge in [-0.05, 0) is 45.4 Å². The van der Waals surface area contributed by atoms with Crippen LogP contribution in [0.1, 0.15) is 40.0 Å². The summed E-state index contributed by atoms with van der Waals surface area (Å²) in [6.45, 7) is 6.71. The highest BCUT2D eigenvalue weighted by Crippen LogP contribution is 2.73. The van der Waals surface area contributed by atoms with E-state index in [9.17, 15) is 4.79 Å². The zero-order valence-corrected chi connectivity index (χ0v) is 8.72. The number of rotatable bonds is 4. The van der Waals surface area contributed by atoms with Gasteiger partial charge in [0.1, 0.15) is 5.78 Å². The lowest BCUT2D eigenvalue weighted by atomic mass is 9.34. The zero-order valence-electron chi connectivity index (χ0n) is 8.72. The molecule has 0 aromatic heterocycles. The van der Waals surface area contributed by atoms with Crippen molar-refractivity contribution in [2.75, 3.05) is 6.61 Å². The van der Waals surface area contributed by atoms with Crippen molar-refractivity contribution in [3.63, 3.8) is 0 Å². The summed E-state index contributed by atoms with van der Waals surface area (Å²) in [5.41, 5.74) is 0.496. The maximum atomic E-state index is 11.2. The molecule has 2 nitrogen and oxygen atoms in total. The molecule has 0 spiro atoms. The van der Waals surface area contributed by atoms with Gasteiger partial charge in [-0.25, -0.2) is 0 Å². The molecule has 0 atom stereocenters. The Hall–Kier alpha value is -0.370. The fourth-order valence-electron chi connectivity index (χ4n) is 2.87. The second kappa shape index (κ2) is 2.57. The first-order valence-corrected chi connectivity index (χ1v) is 5.11. The molecule has 3 rings (SSSR count). The molecule has 74 valence electrons. The van der Waals surface area contributed by atoms with Crippen molar-refractivity contribution in [3.05, 3.63) is 0 Å². The quantitative estimate of drug-likeness (QED) is 0.666. The SMILES string of the molecule is CC(=O)C12CC(COC(C)C)(C1)C2. The van der Waals surface area contributed by atoms with Crippen LogP contribution < -0.4 is 0 Å². The fourth-order valence-corrected chi connectivity index (χ4v) is 2.87. The van der Waals surface area contributed by atoms with Crippen LogP contribution in [-0.4, -0.2) is 18.5 Å². The number of Topliss-reactive ketones (excluding diaryl/α,β-unsaturated/α-hetero) is 1. The lowest BCUT2D eigenvalue weighted by Crippen LogP contribution is -2.66. The lowest BCUT2D eigenvalue weighted by molar-refractivity contribution is -0.227. The van der Waals surface area contributed by atoms with E-state index in [1.165, 1.54) is 0 Å². The van der Waals surface area contributed by atoms with Crippen LogP contribution in [0.2, 0.25) is 0 Å². The molecule has 3 aliphatic carbocycles. The minimum Gasteiger partial charge on any atom is -0.378 e. The third-order valence-corrected chi connectivity index (χ3v) is 3.61. The second-order valence-electron chi connectivity index (χ2n) is 5.23. The van der Waals surface area contributed by atoms with E-state index in [0.717, 1.165) is 25.9 Å². The molecule has 0 saturated heterocycles. The molecule has 3 fully saturated rings. The van der Waals surface area contributed by atoms with Crippen molar-refractivity contribution in [1.82, 2.24) is 0 Å². The van der Waals surface area contributed by atoms with Gasteiger partial charge in [-0.15, -0.1) is 0 Å². The summed E-state index contributed by atoms with van der Waals surface area (Å²) in [6, 6.07) is 0.